The van der Waals surface area contributed by atoms with Gasteiger partial charge in [0, 0.05) is 5.56 Å². The molecule has 28 heavy (non-hydrogen) atoms. The van der Waals surface area contributed by atoms with E-state index in [1.54, 1.807) is 6.07 Å². The van der Waals surface area contributed by atoms with Crippen LogP contribution in [0.5, 0.6) is 5.75 Å². The van der Waals surface area contributed by atoms with Crippen molar-refractivity contribution in [3.8, 4) is 5.75 Å². The monoisotopic (exact) mass is 388 g/mol. The predicted molar refractivity (Wildman–Crippen MR) is 94.2 cm³/mol. The summed E-state index contributed by atoms with van der Waals surface area (Å²) in [5.41, 5.74) is 0.839. The van der Waals surface area contributed by atoms with E-state index in [2.05, 4.69) is 10.4 Å². The molecule has 1 amide bonds. The number of carbonyl (C=O) groups excluding carboxylic acids is 3. The van der Waals surface area contributed by atoms with Crippen LogP contribution in [-0.2, 0) is 20.9 Å². The van der Waals surface area contributed by atoms with Gasteiger partial charge in [-0.2, -0.15) is 5.10 Å². The molecule has 2 aromatic rings. The maximum atomic E-state index is 12.2. The molecule has 0 bridgehead atoms. The number of Topliss-reactive ketones (excluding diaryl/α,β-unsaturated/α-hetero) is 1. The third-order valence-electron chi connectivity index (χ3n) is 4.10. The summed E-state index contributed by atoms with van der Waals surface area (Å²) in [5, 5.41) is 17.5. The molecule has 1 aliphatic rings. The molecule has 3 rings (SSSR count). The number of fused-ring (bicyclic) bond motifs is 1. The standard InChI is InChI=1S/C17H16N4O7/c1-9-17(21(25)26)10(2)20(19-9)6-16(24)28-7-13(22)11-3-4-14-12(5-11)18-15(23)8-27-14/h3-5H,6-8H2,1-2H3,(H,18,23). The number of amides is 1. The number of rotatable bonds is 6. The zero-order valence-electron chi connectivity index (χ0n) is 15.1. The number of ether oxygens (including phenoxy) is 2. The zero-order valence-corrected chi connectivity index (χ0v) is 15.1. The summed E-state index contributed by atoms with van der Waals surface area (Å²) in [6.45, 7) is 1.97. The first-order valence-electron chi connectivity index (χ1n) is 8.20. The largest absolute Gasteiger partial charge is 0.482 e. The molecule has 0 radical (unpaired) electrons. The van der Waals surface area contributed by atoms with Crippen LogP contribution in [0.2, 0.25) is 0 Å². The van der Waals surface area contributed by atoms with Crippen molar-refractivity contribution >= 4 is 29.0 Å². The summed E-state index contributed by atoms with van der Waals surface area (Å²) in [7, 11) is 0. The van der Waals surface area contributed by atoms with Crippen LogP contribution in [0.4, 0.5) is 11.4 Å². The molecule has 1 aliphatic heterocycles. The van der Waals surface area contributed by atoms with E-state index in [0.717, 1.165) is 4.68 Å². The van der Waals surface area contributed by atoms with E-state index in [0.29, 0.717) is 11.4 Å². The maximum Gasteiger partial charge on any atom is 0.328 e. The van der Waals surface area contributed by atoms with Gasteiger partial charge in [-0.05, 0) is 32.0 Å². The van der Waals surface area contributed by atoms with E-state index in [1.807, 2.05) is 0 Å². The molecule has 0 saturated heterocycles. The van der Waals surface area contributed by atoms with Crippen molar-refractivity contribution in [3.63, 3.8) is 0 Å². The van der Waals surface area contributed by atoms with Gasteiger partial charge in [0.15, 0.2) is 19.0 Å². The molecule has 0 aliphatic carbocycles. The second-order valence-corrected chi connectivity index (χ2v) is 6.07. The number of carbonyl (C=O) groups is 3. The molecule has 0 atom stereocenters. The fraction of sp³-hybridized carbons (Fsp3) is 0.294. The lowest BCUT2D eigenvalue weighted by atomic mass is 10.1. The lowest BCUT2D eigenvalue weighted by molar-refractivity contribution is -0.386. The van der Waals surface area contributed by atoms with Crippen LogP contribution >= 0.6 is 0 Å². The number of hydrogen-bond acceptors (Lipinski definition) is 8. The molecule has 11 heteroatoms. The molecular weight excluding hydrogens is 372 g/mol. The van der Waals surface area contributed by atoms with E-state index >= 15 is 0 Å². The molecule has 0 spiro atoms. The lowest BCUT2D eigenvalue weighted by Crippen LogP contribution is -2.25. The summed E-state index contributed by atoms with van der Waals surface area (Å²) in [6, 6.07) is 4.47. The van der Waals surface area contributed by atoms with Gasteiger partial charge in [-0.3, -0.25) is 29.2 Å². The Morgan fingerprint density at radius 1 is 1.39 bits per heavy atom. The quantitative estimate of drug-likeness (QED) is 0.336. The van der Waals surface area contributed by atoms with Gasteiger partial charge in [-0.1, -0.05) is 0 Å². The molecule has 11 nitrogen and oxygen atoms in total. The van der Waals surface area contributed by atoms with Gasteiger partial charge in [-0.15, -0.1) is 0 Å². The smallest absolute Gasteiger partial charge is 0.328 e. The van der Waals surface area contributed by atoms with Crippen molar-refractivity contribution in [3.05, 3.63) is 45.3 Å². The van der Waals surface area contributed by atoms with E-state index in [-0.39, 0.29) is 41.7 Å². The number of aryl methyl sites for hydroxylation is 1. The molecule has 0 saturated carbocycles. The summed E-state index contributed by atoms with van der Waals surface area (Å²) in [6.07, 6.45) is 0. The van der Waals surface area contributed by atoms with Crippen LogP contribution in [0.3, 0.4) is 0 Å². The average molecular weight is 388 g/mol. The minimum Gasteiger partial charge on any atom is -0.482 e. The summed E-state index contributed by atoms with van der Waals surface area (Å²) in [4.78, 5) is 46.0. The lowest BCUT2D eigenvalue weighted by Gasteiger charge is -2.18. The van der Waals surface area contributed by atoms with E-state index < -0.39 is 23.3 Å². The number of nitro groups is 1. The Labute approximate surface area is 158 Å². The van der Waals surface area contributed by atoms with Crippen LogP contribution in [0.25, 0.3) is 0 Å². The van der Waals surface area contributed by atoms with E-state index in [4.69, 9.17) is 9.47 Å². The second-order valence-electron chi connectivity index (χ2n) is 6.07. The number of nitrogens with zero attached hydrogens (tertiary/aromatic N) is 3. The van der Waals surface area contributed by atoms with Crippen LogP contribution in [0, 0.1) is 24.0 Å². The van der Waals surface area contributed by atoms with Gasteiger partial charge in [-0.25, -0.2) is 0 Å². The SMILES string of the molecule is Cc1nn(CC(=O)OCC(=O)c2ccc3c(c2)NC(=O)CO3)c(C)c1[N+](=O)[O-]. The normalized spacial score (nSPS) is 12.6. The Hall–Kier alpha value is -3.76. The molecule has 0 fully saturated rings. The summed E-state index contributed by atoms with van der Waals surface area (Å²) >= 11 is 0. The van der Waals surface area contributed by atoms with Gasteiger partial charge in [0.25, 0.3) is 5.91 Å². The summed E-state index contributed by atoms with van der Waals surface area (Å²) in [5.74, 6) is -1.12. The first kappa shape index (κ1) is 19.0. The van der Waals surface area contributed by atoms with Gasteiger partial charge in [0.1, 0.15) is 23.7 Å². The topological polar surface area (TPSA) is 143 Å². The number of nitrogens with one attached hydrogen (secondary N) is 1. The van der Waals surface area contributed by atoms with Crippen molar-refractivity contribution in [1.29, 1.82) is 0 Å². The van der Waals surface area contributed by atoms with Crippen molar-refractivity contribution in [2.75, 3.05) is 18.5 Å². The van der Waals surface area contributed by atoms with Crippen LogP contribution < -0.4 is 10.1 Å². The molecule has 146 valence electrons. The fourth-order valence-corrected chi connectivity index (χ4v) is 2.76. The minimum atomic E-state index is -0.761. The maximum absolute atomic E-state index is 12.2. The Morgan fingerprint density at radius 3 is 2.82 bits per heavy atom. The molecule has 0 unspecified atom stereocenters. The zero-order chi connectivity index (χ0) is 20.4. The number of hydrogen-bond donors (Lipinski definition) is 1. The molecule has 1 N–H and O–H groups in total. The highest BCUT2D eigenvalue weighted by Crippen LogP contribution is 2.28. The molecular formula is C17H16N4O7. The highest BCUT2D eigenvalue weighted by atomic mass is 16.6. The number of anilines is 1. The number of aromatic nitrogens is 2. The highest BCUT2D eigenvalue weighted by molar-refractivity contribution is 6.01. The van der Waals surface area contributed by atoms with Crippen LogP contribution in [0.1, 0.15) is 21.7 Å². The van der Waals surface area contributed by atoms with Crippen molar-refractivity contribution in [2.24, 2.45) is 0 Å². The molecule has 1 aromatic carbocycles. The molecule has 2 heterocycles. The van der Waals surface area contributed by atoms with Gasteiger partial charge < -0.3 is 14.8 Å². The second kappa shape index (κ2) is 7.47. The first-order chi connectivity index (χ1) is 13.3. The third kappa shape index (κ3) is 3.82. The van der Waals surface area contributed by atoms with Crippen LogP contribution in [-0.4, -0.2) is 45.6 Å². The Kier molecular flexibility index (Phi) is 5.07. The summed E-state index contributed by atoms with van der Waals surface area (Å²) < 4.78 is 11.3. The number of ketones is 1. The van der Waals surface area contributed by atoms with Crippen LogP contribution in [0.15, 0.2) is 18.2 Å². The Bertz CT molecular complexity index is 996. The van der Waals surface area contributed by atoms with Crippen molar-refractivity contribution < 1.29 is 28.8 Å². The highest BCUT2D eigenvalue weighted by Gasteiger charge is 2.23. The van der Waals surface area contributed by atoms with Gasteiger partial charge in [0.2, 0.25) is 0 Å². The third-order valence-corrected chi connectivity index (χ3v) is 4.10. The number of benzene rings is 1. The Morgan fingerprint density at radius 2 is 2.14 bits per heavy atom. The van der Waals surface area contributed by atoms with E-state index in [1.165, 1.54) is 26.0 Å². The van der Waals surface area contributed by atoms with Crippen molar-refractivity contribution in [2.45, 2.75) is 20.4 Å². The number of esters is 1. The van der Waals surface area contributed by atoms with Gasteiger partial charge in [0.05, 0.1) is 10.6 Å². The fourth-order valence-electron chi connectivity index (χ4n) is 2.76. The van der Waals surface area contributed by atoms with Crippen molar-refractivity contribution in [1.82, 2.24) is 9.78 Å². The minimum absolute atomic E-state index is 0.0949. The van der Waals surface area contributed by atoms with Gasteiger partial charge >= 0.3 is 11.7 Å². The first-order valence-corrected chi connectivity index (χ1v) is 8.20. The average Bonchev–Trinajstić information content (AvgIpc) is 2.92. The molecule has 1 aromatic heterocycles. The van der Waals surface area contributed by atoms with E-state index in [9.17, 15) is 24.5 Å². The Balaban J connectivity index is 1.61. The predicted octanol–water partition coefficient (Wildman–Crippen LogP) is 1.17.